The van der Waals surface area contributed by atoms with Gasteiger partial charge in [0.05, 0.1) is 20.4 Å². The van der Waals surface area contributed by atoms with Gasteiger partial charge in [0, 0.05) is 0 Å². The van der Waals surface area contributed by atoms with Crippen LogP contribution >= 0.6 is 0 Å². The second kappa shape index (κ2) is 7.76. The first-order valence-electron chi connectivity index (χ1n) is 10.5. The zero-order valence-electron chi connectivity index (χ0n) is 17.5. The molecule has 2 aliphatic heterocycles. The van der Waals surface area contributed by atoms with E-state index in [1.54, 1.807) is 5.20 Å². The number of nitrogens with zero attached hydrogens (tertiary/aromatic N) is 1. The van der Waals surface area contributed by atoms with Gasteiger partial charge in [0.2, 0.25) is 0 Å². The summed E-state index contributed by atoms with van der Waals surface area (Å²) in [6, 6.07) is 9.59. The van der Waals surface area contributed by atoms with Crippen molar-refractivity contribution < 1.29 is 0 Å². The summed E-state index contributed by atoms with van der Waals surface area (Å²) in [5.41, 5.74) is 3.09. The highest BCUT2D eigenvalue weighted by Crippen LogP contribution is 2.48. The Bertz CT molecular complexity index is 681. The maximum absolute atomic E-state index is 2.76. The minimum Gasteiger partial charge on any atom is -0.362 e. The first-order chi connectivity index (χ1) is 12.4. The molecule has 0 fully saturated rings. The summed E-state index contributed by atoms with van der Waals surface area (Å²) in [4.78, 5) is 2.76. The van der Waals surface area contributed by atoms with Gasteiger partial charge in [-0.2, -0.15) is 0 Å². The standard InChI is InChI=1S/C24H36NSi/c1-7-24(8-2)14-13-19-11-9-10-12-21(19)22-16-20(15-18(3)4)23(26(5)6)17-25(22)24/h9-14,17-18,20,22H,7-8,15-16H2,1-6H3. The maximum Gasteiger partial charge on any atom is 0.0760 e. The number of allylic oxidation sites excluding steroid dienone is 1. The molecule has 0 saturated carbocycles. The highest BCUT2D eigenvalue weighted by atomic mass is 28.3. The molecule has 0 spiro atoms. The molecule has 0 saturated heterocycles. The third-order valence-corrected chi connectivity index (χ3v) is 8.25. The lowest BCUT2D eigenvalue weighted by atomic mass is 9.81. The van der Waals surface area contributed by atoms with E-state index in [2.05, 4.69) is 88.3 Å². The minimum absolute atomic E-state index is 0.148. The Hall–Kier alpha value is -1.28. The van der Waals surface area contributed by atoms with Gasteiger partial charge in [-0.3, -0.25) is 0 Å². The SMILES string of the molecule is CCC1(CC)C=Cc2ccccc2C2CC(CC(C)C)C([Si](C)C)=CN21. The maximum atomic E-state index is 2.76. The number of hydrogen-bond donors (Lipinski definition) is 0. The van der Waals surface area contributed by atoms with Crippen LogP contribution in [0.25, 0.3) is 6.08 Å². The predicted molar refractivity (Wildman–Crippen MR) is 116 cm³/mol. The van der Waals surface area contributed by atoms with Gasteiger partial charge in [0.1, 0.15) is 0 Å². The highest BCUT2D eigenvalue weighted by Gasteiger charge is 2.41. The second-order valence-corrected chi connectivity index (χ2v) is 11.4. The van der Waals surface area contributed by atoms with Crippen molar-refractivity contribution in [2.24, 2.45) is 11.8 Å². The Morgan fingerprint density at radius 3 is 2.46 bits per heavy atom. The summed E-state index contributed by atoms with van der Waals surface area (Å²) in [5.74, 6) is 1.51. The summed E-state index contributed by atoms with van der Waals surface area (Å²) >= 11 is 0. The molecular weight excluding hydrogens is 330 g/mol. The minimum atomic E-state index is -0.437. The summed E-state index contributed by atoms with van der Waals surface area (Å²) in [5, 5.41) is 1.76. The van der Waals surface area contributed by atoms with E-state index in [1.807, 2.05) is 0 Å². The molecule has 2 atom stereocenters. The Morgan fingerprint density at radius 2 is 1.85 bits per heavy atom. The lowest BCUT2D eigenvalue weighted by Gasteiger charge is -2.50. The molecule has 0 bridgehead atoms. The monoisotopic (exact) mass is 366 g/mol. The van der Waals surface area contributed by atoms with E-state index in [9.17, 15) is 0 Å². The fourth-order valence-electron chi connectivity index (χ4n) is 5.05. The van der Waals surface area contributed by atoms with Crippen LogP contribution in [0.5, 0.6) is 0 Å². The van der Waals surface area contributed by atoms with Crippen LogP contribution in [0.15, 0.2) is 41.7 Å². The molecule has 2 unspecified atom stereocenters. The van der Waals surface area contributed by atoms with Crippen molar-refractivity contribution in [3.05, 3.63) is 52.9 Å². The molecule has 0 aliphatic carbocycles. The first-order valence-corrected chi connectivity index (χ1v) is 13.0. The third-order valence-electron chi connectivity index (χ3n) is 6.56. The molecule has 2 heteroatoms. The zero-order valence-corrected chi connectivity index (χ0v) is 18.5. The van der Waals surface area contributed by atoms with Gasteiger partial charge in [-0.05, 0) is 54.8 Å². The van der Waals surface area contributed by atoms with Crippen molar-refractivity contribution in [3.8, 4) is 0 Å². The lowest BCUT2D eigenvalue weighted by Crippen LogP contribution is -2.48. The molecular formula is C24H36NSi. The third kappa shape index (κ3) is 3.45. The quantitative estimate of drug-likeness (QED) is 0.514. The van der Waals surface area contributed by atoms with Gasteiger partial charge < -0.3 is 4.90 Å². The number of rotatable bonds is 5. The zero-order chi connectivity index (χ0) is 18.9. The van der Waals surface area contributed by atoms with Gasteiger partial charge in [-0.25, -0.2) is 0 Å². The van der Waals surface area contributed by atoms with Crippen molar-refractivity contribution in [3.63, 3.8) is 0 Å². The van der Waals surface area contributed by atoms with Gasteiger partial charge in [0.25, 0.3) is 0 Å². The average Bonchev–Trinajstić information content (AvgIpc) is 2.75. The molecule has 1 aromatic rings. The van der Waals surface area contributed by atoms with E-state index in [0.29, 0.717) is 6.04 Å². The van der Waals surface area contributed by atoms with Crippen LogP contribution < -0.4 is 0 Å². The highest BCUT2D eigenvalue weighted by molar-refractivity contribution is 6.64. The van der Waals surface area contributed by atoms with E-state index < -0.39 is 8.80 Å². The summed E-state index contributed by atoms with van der Waals surface area (Å²) in [6.07, 6.45) is 12.5. The van der Waals surface area contributed by atoms with E-state index in [0.717, 1.165) is 11.8 Å². The van der Waals surface area contributed by atoms with Gasteiger partial charge >= 0.3 is 0 Å². The molecule has 141 valence electrons. The molecule has 0 N–H and O–H groups in total. The average molecular weight is 367 g/mol. The molecule has 26 heavy (non-hydrogen) atoms. The van der Waals surface area contributed by atoms with Crippen LogP contribution in [0.3, 0.4) is 0 Å². The molecule has 0 amide bonds. The van der Waals surface area contributed by atoms with E-state index >= 15 is 0 Å². The Kier molecular flexibility index (Phi) is 5.81. The molecule has 2 aliphatic rings. The second-order valence-electron chi connectivity index (χ2n) is 8.84. The Labute approximate surface area is 162 Å². The first kappa shape index (κ1) is 19.5. The fraction of sp³-hybridized carbons (Fsp3) is 0.583. The van der Waals surface area contributed by atoms with Crippen molar-refractivity contribution in [2.45, 2.75) is 78.1 Å². The normalized spacial score (nSPS) is 24.3. The summed E-state index contributed by atoms with van der Waals surface area (Å²) in [6.45, 7) is 14.4. The predicted octanol–water partition coefficient (Wildman–Crippen LogP) is 6.86. The van der Waals surface area contributed by atoms with Gasteiger partial charge in [-0.15, -0.1) is 0 Å². The molecule has 2 heterocycles. The van der Waals surface area contributed by atoms with Crippen molar-refractivity contribution in [1.82, 2.24) is 4.90 Å². The Morgan fingerprint density at radius 1 is 1.15 bits per heavy atom. The molecule has 0 aromatic heterocycles. The number of fused-ring (bicyclic) bond motifs is 3. The molecule has 3 rings (SSSR count). The Balaban J connectivity index is 2.15. The van der Waals surface area contributed by atoms with Crippen LogP contribution in [0.1, 0.15) is 70.5 Å². The molecule has 1 radical (unpaired) electrons. The van der Waals surface area contributed by atoms with Gasteiger partial charge in [-0.1, -0.05) is 82.4 Å². The van der Waals surface area contributed by atoms with E-state index in [4.69, 9.17) is 0 Å². The summed E-state index contributed by atoms with van der Waals surface area (Å²) in [7, 11) is -0.437. The number of benzene rings is 1. The fourth-order valence-corrected chi connectivity index (χ4v) is 6.50. The van der Waals surface area contributed by atoms with Crippen LogP contribution in [0, 0.1) is 11.8 Å². The topological polar surface area (TPSA) is 3.24 Å². The summed E-state index contributed by atoms with van der Waals surface area (Å²) < 4.78 is 0. The van der Waals surface area contributed by atoms with Crippen LogP contribution in [-0.2, 0) is 0 Å². The lowest BCUT2D eigenvalue weighted by molar-refractivity contribution is 0.100. The van der Waals surface area contributed by atoms with Crippen molar-refractivity contribution in [2.75, 3.05) is 0 Å². The molecule has 1 nitrogen and oxygen atoms in total. The molecule has 1 aromatic carbocycles. The van der Waals surface area contributed by atoms with Gasteiger partial charge in [0.15, 0.2) is 0 Å². The van der Waals surface area contributed by atoms with E-state index in [-0.39, 0.29) is 5.54 Å². The number of hydrogen-bond acceptors (Lipinski definition) is 1. The van der Waals surface area contributed by atoms with Crippen LogP contribution in [0.2, 0.25) is 13.1 Å². The van der Waals surface area contributed by atoms with Crippen LogP contribution in [0.4, 0.5) is 0 Å². The van der Waals surface area contributed by atoms with Crippen molar-refractivity contribution in [1.29, 1.82) is 0 Å². The van der Waals surface area contributed by atoms with E-state index in [1.165, 1.54) is 36.8 Å². The largest absolute Gasteiger partial charge is 0.362 e. The van der Waals surface area contributed by atoms with Crippen LogP contribution in [-0.4, -0.2) is 19.2 Å². The smallest absolute Gasteiger partial charge is 0.0760 e. The van der Waals surface area contributed by atoms with Crippen molar-refractivity contribution >= 4 is 14.9 Å².